The number of esters is 1. The Morgan fingerprint density at radius 3 is 2.11 bits per heavy atom. The van der Waals surface area contributed by atoms with Crippen molar-refractivity contribution in [2.45, 2.75) is 13.0 Å². The number of hydrogen-bond acceptors (Lipinski definition) is 6. The normalized spacial score (nSPS) is 13.9. The molecule has 0 aromatic heterocycles. The molecule has 1 aliphatic heterocycles. The molecule has 1 atom stereocenters. The van der Waals surface area contributed by atoms with E-state index in [1.54, 1.807) is 36.4 Å². The molecular formula is C20H17NO6. The van der Waals surface area contributed by atoms with Gasteiger partial charge in [-0.3, -0.25) is 19.3 Å². The molecule has 2 aromatic carbocycles. The van der Waals surface area contributed by atoms with Gasteiger partial charge in [-0.05, 0) is 31.2 Å². The van der Waals surface area contributed by atoms with Gasteiger partial charge in [-0.2, -0.15) is 0 Å². The largest absolute Gasteiger partial charge is 0.496 e. The fraction of sp³-hybridized carbons (Fsp3) is 0.200. The van der Waals surface area contributed by atoms with E-state index in [9.17, 15) is 19.2 Å². The maximum Gasteiger partial charge on any atom is 0.329 e. The number of ketones is 1. The quantitative estimate of drug-likeness (QED) is 0.441. The molecule has 0 bridgehead atoms. The summed E-state index contributed by atoms with van der Waals surface area (Å²) < 4.78 is 10.1. The van der Waals surface area contributed by atoms with Gasteiger partial charge in [0, 0.05) is 0 Å². The van der Waals surface area contributed by atoms with Gasteiger partial charge in [-0.1, -0.05) is 24.3 Å². The molecule has 7 nitrogen and oxygen atoms in total. The summed E-state index contributed by atoms with van der Waals surface area (Å²) in [5.74, 6) is -2.04. The highest BCUT2D eigenvalue weighted by molar-refractivity contribution is 6.22. The van der Waals surface area contributed by atoms with Crippen molar-refractivity contribution in [2.24, 2.45) is 0 Å². The number of para-hydroxylation sites is 1. The van der Waals surface area contributed by atoms with Crippen molar-refractivity contribution in [1.29, 1.82) is 0 Å². The Morgan fingerprint density at radius 2 is 1.52 bits per heavy atom. The van der Waals surface area contributed by atoms with Crippen LogP contribution in [-0.2, 0) is 9.53 Å². The number of methoxy groups -OCH3 is 1. The Balaban J connectivity index is 1.68. The molecule has 0 spiro atoms. The number of fused-ring (bicyclic) bond motifs is 1. The second kappa shape index (κ2) is 7.41. The molecule has 2 amide bonds. The molecular weight excluding hydrogens is 350 g/mol. The molecule has 3 rings (SSSR count). The lowest BCUT2D eigenvalue weighted by Crippen LogP contribution is -2.44. The zero-order valence-electron chi connectivity index (χ0n) is 14.8. The summed E-state index contributed by atoms with van der Waals surface area (Å²) in [6.45, 7) is 0.865. The minimum Gasteiger partial charge on any atom is -0.496 e. The zero-order valence-corrected chi connectivity index (χ0v) is 14.8. The van der Waals surface area contributed by atoms with Crippen LogP contribution in [0.5, 0.6) is 5.75 Å². The highest BCUT2D eigenvalue weighted by atomic mass is 16.5. The lowest BCUT2D eigenvalue weighted by atomic mass is 10.1. The summed E-state index contributed by atoms with van der Waals surface area (Å²) in [4.78, 5) is 50.3. The van der Waals surface area contributed by atoms with E-state index >= 15 is 0 Å². The first-order chi connectivity index (χ1) is 13.0. The van der Waals surface area contributed by atoms with Gasteiger partial charge in [-0.15, -0.1) is 0 Å². The molecule has 138 valence electrons. The second-order valence-corrected chi connectivity index (χ2v) is 5.93. The number of amides is 2. The third kappa shape index (κ3) is 3.31. The summed E-state index contributed by atoms with van der Waals surface area (Å²) in [5.41, 5.74) is 0.765. The van der Waals surface area contributed by atoms with Gasteiger partial charge in [-0.25, -0.2) is 4.79 Å². The van der Waals surface area contributed by atoms with E-state index in [4.69, 9.17) is 9.47 Å². The number of rotatable bonds is 6. The Kier molecular flexibility index (Phi) is 5.03. The van der Waals surface area contributed by atoms with Crippen molar-refractivity contribution in [3.05, 3.63) is 65.2 Å². The van der Waals surface area contributed by atoms with Gasteiger partial charge in [0.2, 0.25) is 5.78 Å². The van der Waals surface area contributed by atoms with Gasteiger partial charge in [0.1, 0.15) is 11.8 Å². The lowest BCUT2D eigenvalue weighted by molar-refractivity contribution is -0.146. The fourth-order valence-corrected chi connectivity index (χ4v) is 2.88. The minimum atomic E-state index is -1.15. The van der Waals surface area contributed by atoms with Crippen LogP contribution < -0.4 is 4.74 Å². The highest BCUT2D eigenvalue weighted by Crippen LogP contribution is 2.25. The number of carbonyl (C=O) groups is 4. The lowest BCUT2D eigenvalue weighted by Gasteiger charge is -2.20. The van der Waals surface area contributed by atoms with Crippen LogP contribution in [0.25, 0.3) is 0 Å². The number of ether oxygens (including phenoxy) is 2. The van der Waals surface area contributed by atoms with Crippen LogP contribution in [0.15, 0.2) is 48.5 Å². The first-order valence-corrected chi connectivity index (χ1v) is 8.25. The standard InChI is InChI=1S/C20H17NO6/c1-12(21-18(23)13-7-3-4-8-14(13)19(21)24)20(25)27-11-16(22)15-9-5-6-10-17(15)26-2/h3-10,12H,11H2,1-2H3/t12-/m0/s1. The monoisotopic (exact) mass is 367 g/mol. The molecule has 0 radical (unpaired) electrons. The summed E-state index contributed by atoms with van der Waals surface area (Å²) in [6, 6.07) is 11.7. The number of hydrogen-bond donors (Lipinski definition) is 0. The first kappa shape index (κ1) is 18.3. The van der Waals surface area contributed by atoms with E-state index in [-0.39, 0.29) is 16.7 Å². The van der Waals surface area contributed by atoms with Crippen LogP contribution in [0.1, 0.15) is 38.0 Å². The predicted octanol–water partition coefficient (Wildman–Crippen LogP) is 2.11. The SMILES string of the molecule is COc1ccccc1C(=O)COC(=O)[C@H](C)N1C(=O)c2ccccc2C1=O. The van der Waals surface area contributed by atoms with Crippen molar-refractivity contribution in [1.82, 2.24) is 4.90 Å². The molecule has 1 heterocycles. The van der Waals surface area contributed by atoms with E-state index in [0.29, 0.717) is 5.75 Å². The Labute approximate surface area is 155 Å². The molecule has 27 heavy (non-hydrogen) atoms. The average Bonchev–Trinajstić information content (AvgIpc) is 2.96. The summed E-state index contributed by atoms with van der Waals surface area (Å²) in [5, 5.41) is 0. The van der Waals surface area contributed by atoms with E-state index in [2.05, 4.69) is 0 Å². The van der Waals surface area contributed by atoms with Crippen LogP contribution in [0.2, 0.25) is 0 Å². The molecule has 1 aliphatic rings. The summed E-state index contributed by atoms with van der Waals surface area (Å²) in [7, 11) is 1.43. The van der Waals surface area contributed by atoms with E-state index in [0.717, 1.165) is 4.90 Å². The highest BCUT2D eigenvalue weighted by Gasteiger charge is 2.41. The maximum absolute atomic E-state index is 12.4. The third-order valence-electron chi connectivity index (χ3n) is 4.31. The minimum absolute atomic E-state index is 0.243. The van der Waals surface area contributed by atoms with Crippen LogP contribution in [0.3, 0.4) is 0 Å². The van der Waals surface area contributed by atoms with Gasteiger partial charge < -0.3 is 9.47 Å². The molecule has 0 unspecified atom stereocenters. The number of carbonyl (C=O) groups excluding carboxylic acids is 4. The van der Waals surface area contributed by atoms with Crippen molar-refractivity contribution < 1.29 is 28.7 Å². The van der Waals surface area contributed by atoms with Crippen LogP contribution in [0.4, 0.5) is 0 Å². The third-order valence-corrected chi connectivity index (χ3v) is 4.31. The summed E-state index contributed by atoms with van der Waals surface area (Å²) >= 11 is 0. The molecule has 0 aliphatic carbocycles. The van der Waals surface area contributed by atoms with Crippen molar-refractivity contribution >= 4 is 23.6 Å². The van der Waals surface area contributed by atoms with Crippen molar-refractivity contribution in [2.75, 3.05) is 13.7 Å². The van der Waals surface area contributed by atoms with Crippen LogP contribution in [-0.4, -0.2) is 48.2 Å². The molecule has 0 saturated heterocycles. The number of Topliss-reactive ketones (excluding diaryl/α,β-unsaturated/α-hetero) is 1. The van der Waals surface area contributed by atoms with E-state index in [1.165, 1.54) is 26.2 Å². The number of benzene rings is 2. The predicted molar refractivity (Wildman–Crippen MR) is 94.7 cm³/mol. The van der Waals surface area contributed by atoms with E-state index < -0.39 is 36.2 Å². The zero-order chi connectivity index (χ0) is 19.6. The molecule has 0 N–H and O–H groups in total. The number of nitrogens with zero attached hydrogens (tertiary/aromatic N) is 1. The molecule has 7 heteroatoms. The molecule has 0 saturated carbocycles. The Hall–Kier alpha value is -3.48. The fourth-order valence-electron chi connectivity index (χ4n) is 2.88. The molecule has 2 aromatic rings. The van der Waals surface area contributed by atoms with Crippen molar-refractivity contribution in [3.8, 4) is 5.75 Å². The summed E-state index contributed by atoms with van der Waals surface area (Å²) in [6.07, 6.45) is 0. The van der Waals surface area contributed by atoms with E-state index in [1.807, 2.05) is 0 Å². The molecule has 0 fully saturated rings. The van der Waals surface area contributed by atoms with Crippen LogP contribution >= 0.6 is 0 Å². The topological polar surface area (TPSA) is 90.0 Å². The van der Waals surface area contributed by atoms with Gasteiger partial charge >= 0.3 is 5.97 Å². The van der Waals surface area contributed by atoms with Gasteiger partial charge in [0.05, 0.1) is 23.8 Å². The van der Waals surface area contributed by atoms with Crippen LogP contribution in [0, 0.1) is 0 Å². The second-order valence-electron chi connectivity index (χ2n) is 5.93. The van der Waals surface area contributed by atoms with Gasteiger partial charge in [0.15, 0.2) is 6.61 Å². The number of imide groups is 1. The first-order valence-electron chi connectivity index (χ1n) is 8.25. The maximum atomic E-state index is 12.4. The van der Waals surface area contributed by atoms with Crippen molar-refractivity contribution in [3.63, 3.8) is 0 Å². The smallest absolute Gasteiger partial charge is 0.329 e. The Bertz CT molecular complexity index is 901. The Morgan fingerprint density at radius 1 is 0.963 bits per heavy atom. The average molecular weight is 367 g/mol. The van der Waals surface area contributed by atoms with Gasteiger partial charge in [0.25, 0.3) is 11.8 Å².